The number of hydrogen-bond donors (Lipinski definition) is 2. The van der Waals surface area contributed by atoms with Gasteiger partial charge in [0, 0.05) is 5.56 Å². The molecule has 10 heavy (non-hydrogen) atoms. The lowest BCUT2D eigenvalue weighted by atomic mass is 10.3. The monoisotopic (exact) mass is 141 g/mol. The van der Waals surface area contributed by atoms with Crippen molar-refractivity contribution < 1.29 is 10.4 Å². The van der Waals surface area contributed by atoms with E-state index in [4.69, 9.17) is 10.4 Å². The topological polar surface area (TPSA) is 61.5 Å². The minimum atomic E-state index is 0.406. The van der Waals surface area contributed by atoms with Crippen molar-refractivity contribution in [2.75, 3.05) is 0 Å². The lowest BCUT2D eigenvalue weighted by molar-refractivity contribution is -0.0985. The molecule has 1 aromatic rings. The molecule has 1 aromatic heterocycles. The van der Waals surface area contributed by atoms with Gasteiger partial charge in [-0.2, -0.15) is 5.06 Å². The van der Waals surface area contributed by atoms with Gasteiger partial charge in [0.2, 0.25) is 0 Å². The molecule has 5 heteroatoms. The van der Waals surface area contributed by atoms with E-state index in [2.05, 4.69) is 5.10 Å². The van der Waals surface area contributed by atoms with Gasteiger partial charge in [0.1, 0.15) is 0 Å². The normalized spacial score (nSPS) is 17.7. The highest BCUT2D eigenvalue weighted by atomic mass is 16.5. The van der Waals surface area contributed by atoms with Gasteiger partial charge in [-0.1, -0.05) is 0 Å². The predicted molar refractivity (Wildman–Crippen MR) is 30.4 cm³/mol. The lowest BCUT2D eigenvalue weighted by Gasteiger charge is -2.01. The third-order valence-corrected chi connectivity index (χ3v) is 1.55. The quantitative estimate of drug-likeness (QED) is 0.492. The van der Waals surface area contributed by atoms with E-state index in [1.165, 1.54) is 6.20 Å². The molecule has 0 aliphatic carbocycles. The van der Waals surface area contributed by atoms with Crippen molar-refractivity contribution in [3.8, 4) is 0 Å². The van der Waals surface area contributed by atoms with Crippen LogP contribution >= 0.6 is 0 Å². The Labute approximate surface area is 57.0 Å². The van der Waals surface area contributed by atoms with Crippen LogP contribution in [0, 0.1) is 0 Å². The summed E-state index contributed by atoms with van der Waals surface area (Å²) in [4.78, 5) is 0.775. The van der Waals surface area contributed by atoms with E-state index in [0.29, 0.717) is 13.1 Å². The van der Waals surface area contributed by atoms with Crippen molar-refractivity contribution in [2.45, 2.75) is 13.1 Å². The van der Waals surface area contributed by atoms with Crippen LogP contribution in [0.1, 0.15) is 11.3 Å². The van der Waals surface area contributed by atoms with Crippen molar-refractivity contribution in [3.63, 3.8) is 0 Å². The van der Waals surface area contributed by atoms with Gasteiger partial charge >= 0.3 is 0 Å². The lowest BCUT2D eigenvalue weighted by Crippen LogP contribution is -2.10. The van der Waals surface area contributed by atoms with E-state index in [1.54, 1.807) is 0 Å². The van der Waals surface area contributed by atoms with Crippen LogP contribution in [0.15, 0.2) is 6.20 Å². The van der Waals surface area contributed by atoms with E-state index in [9.17, 15) is 0 Å². The van der Waals surface area contributed by atoms with Crippen LogP contribution < -0.4 is 0 Å². The second-order valence-electron chi connectivity index (χ2n) is 2.34. The molecule has 1 aliphatic heterocycles. The predicted octanol–water partition coefficient (Wildman–Crippen LogP) is -0.175. The molecule has 2 N–H and O–H groups in total. The van der Waals surface area contributed by atoms with Crippen LogP contribution in [0.2, 0.25) is 0 Å². The van der Waals surface area contributed by atoms with Gasteiger partial charge in [0.15, 0.2) is 0 Å². The van der Waals surface area contributed by atoms with Crippen LogP contribution in [-0.2, 0) is 13.1 Å². The fourth-order valence-electron chi connectivity index (χ4n) is 1.12. The van der Waals surface area contributed by atoms with E-state index in [-0.39, 0.29) is 0 Å². The smallest absolute Gasteiger partial charge is 0.0870 e. The van der Waals surface area contributed by atoms with Gasteiger partial charge < -0.3 is 10.4 Å². The first-order chi connectivity index (χ1) is 4.75. The third kappa shape index (κ3) is 0.680. The number of nitrogens with zero attached hydrogens (tertiary/aromatic N) is 3. The molecule has 0 saturated heterocycles. The number of hydrogen-bond acceptors (Lipinski definition) is 4. The first kappa shape index (κ1) is 5.70. The van der Waals surface area contributed by atoms with Crippen molar-refractivity contribution in [3.05, 3.63) is 17.5 Å². The second-order valence-corrected chi connectivity index (χ2v) is 2.34. The Morgan fingerprint density at radius 2 is 2.20 bits per heavy atom. The Kier molecular flexibility index (Phi) is 0.973. The van der Waals surface area contributed by atoms with Gasteiger partial charge in [-0.15, -0.1) is 9.94 Å². The summed E-state index contributed by atoms with van der Waals surface area (Å²) in [5, 5.41) is 22.6. The van der Waals surface area contributed by atoms with Crippen molar-refractivity contribution in [2.24, 2.45) is 0 Å². The minimum Gasteiger partial charge on any atom is -0.412 e. The van der Waals surface area contributed by atoms with Gasteiger partial charge in [0.05, 0.1) is 25.0 Å². The molecule has 0 spiro atoms. The summed E-state index contributed by atoms with van der Waals surface area (Å²) >= 11 is 0. The maximum absolute atomic E-state index is 8.93. The number of rotatable bonds is 0. The first-order valence-corrected chi connectivity index (χ1v) is 2.96. The maximum Gasteiger partial charge on any atom is 0.0870 e. The summed E-state index contributed by atoms with van der Waals surface area (Å²) in [7, 11) is 0. The highest BCUT2D eigenvalue weighted by molar-refractivity contribution is 5.19. The van der Waals surface area contributed by atoms with Crippen LogP contribution in [0.25, 0.3) is 0 Å². The zero-order valence-electron chi connectivity index (χ0n) is 5.23. The molecule has 2 rings (SSSR count). The molecular formula is C5H7N3O2. The molecule has 5 nitrogen and oxygen atoms in total. The van der Waals surface area contributed by atoms with E-state index in [1.807, 2.05) is 0 Å². The summed E-state index contributed by atoms with van der Waals surface area (Å²) in [5.41, 5.74) is 1.62. The van der Waals surface area contributed by atoms with Crippen LogP contribution in [0.5, 0.6) is 0 Å². The molecule has 0 fully saturated rings. The van der Waals surface area contributed by atoms with Crippen molar-refractivity contribution in [1.82, 2.24) is 15.0 Å². The standard InChI is InChI=1S/C5H7N3O2/c9-7-1-4-2-8(10)6-5(4)3-7/h2,9-10H,1,3H2. The van der Waals surface area contributed by atoms with E-state index in [0.717, 1.165) is 21.2 Å². The molecule has 0 radical (unpaired) electrons. The largest absolute Gasteiger partial charge is 0.412 e. The summed E-state index contributed by atoms with van der Waals surface area (Å²) in [5.74, 6) is 0. The van der Waals surface area contributed by atoms with Crippen LogP contribution in [0.3, 0.4) is 0 Å². The molecule has 0 amide bonds. The van der Waals surface area contributed by atoms with Crippen LogP contribution in [-0.4, -0.2) is 25.4 Å². The second kappa shape index (κ2) is 1.71. The average Bonchev–Trinajstić information content (AvgIpc) is 2.21. The molecule has 54 valence electrons. The van der Waals surface area contributed by atoms with E-state index >= 15 is 0 Å². The van der Waals surface area contributed by atoms with Gasteiger partial charge in [-0.3, -0.25) is 0 Å². The average molecular weight is 141 g/mol. The molecule has 0 saturated carbocycles. The van der Waals surface area contributed by atoms with Crippen molar-refractivity contribution >= 4 is 0 Å². The van der Waals surface area contributed by atoms with Crippen LogP contribution in [0.4, 0.5) is 0 Å². The Morgan fingerprint density at radius 1 is 1.40 bits per heavy atom. The summed E-state index contributed by atoms with van der Waals surface area (Å²) in [6.45, 7) is 0.860. The Morgan fingerprint density at radius 3 is 2.90 bits per heavy atom. The number of aromatic nitrogens is 2. The van der Waals surface area contributed by atoms with Gasteiger partial charge in [-0.05, 0) is 0 Å². The SMILES string of the molecule is ON1Cc2cn(O)nc2C1. The summed E-state index contributed by atoms with van der Waals surface area (Å²) in [6.07, 6.45) is 1.49. The first-order valence-electron chi connectivity index (χ1n) is 2.96. The Balaban J connectivity index is 2.39. The highest BCUT2D eigenvalue weighted by Crippen LogP contribution is 2.17. The minimum absolute atomic E-state index is 0.406. The van der Waals surface area contributed by atoms with Gasteiger partial charge in [0.25, 0.3) is 0 Å². The molecule has 1 aliphatic rings. The van der Waals surface area contributed by atoms with E-state index < -0.39 is 0 Å². The zero-order valence-corrected chi connectivity index (χ0v) is 5.23. The molecule has 0 unspecified atom stereocenters. The third-order valence-electron chi connectivity index (χ3n) is 1.55. The number of hydroxylamine groups is 2. The molecule has 2 heterocycles. The molecule has 0 aromatic carbocycles. The Bertz CT molecular complexity index is 234. The maximum atomic E-state index is 8.93. The number of fused-ring (bicyclic) bond motifs is 1. The summed E-state index contributed by atoms with van der Waals surface area (Å²) in [6, 6.07) is 0. The van der Waals surface area contributed by atoms with Crippen molar-refractivity contribution in [1.29, 1.82) is 0 Å². The molecule has 0 bridgehead atoms. The van der Waals surface area contributed by atoms with Gasteiger partial charge in [-0.25, -0.2) is 0 Å². The Hall–Kier alpha value is -1.07. The molecule has 0 atom stereocenters. The molecular weight excluding hydrogens is 134 g/mol. The zero-order chi connectivity index (χ0) is 7.14. The fourth-order valence-corrected chi connectivity index (χ4v) is 1.12. The fraction of sp³-hybridized carbons (Fsp3) is 0.400. The highest BCUT2D eigenvalue weighted by Gasteiger charge is 2.20. The summed E-state index contributed by atoms with van der Waals surface area (Å²) < 4.78 is 0.